The summed E-state index contributed by atoms with van der Waals surface area (Å²) in [5.74, 6) is 0. The summed E-state index contributed by atoms with van der Waals surface area (Å²) in [7, 11) is -3.63. The van der Waals surface area contributed by atoms with Crippen molar-refractivity contribution in [1.82, 2.24) is 9.78 Å². The van der Waals surface area contributed by atoms with E-state index in [1.165, 1.54) is 0 Å². The molecule has 1 heterocycles. The van der Waals surface area contributed by atoms with Gasteiger partial charge in [-0.2, -0.15) is 5.10 Å². The van der Waals surface area contributed by atoms with Crippen molar-refractivity contribution in [3.05, 3.63) is 76.0 Å². The van der Waals surface area contributed by atoms with Gasteiger partial charge in [-0.1, -0.05) is 29.8 Å². The number of aryl methyl sites for hydroxylation is 2. The molecule has 0 saturated heterocycles. The summed E-state index contributed by atoms with van der Waals surface area (Å²) in [6, 6.07) is 12.6. The maximum atomic E-state index is 12.7. The van der Waals surface area contributed by atoms with E-state index in [0.29, 0.717) is 17.1 Å². The van der Waals surface area contributed by atoms with Gasteiger partial charge in [-0.05, 0) is 59.1 Å². The molecule has 1 aromatic heterocycles. The van der Waals surface area contributed by atoms with Crippen molar-refractivity contribution >= 4 is 31.6 Å². The number of rotatable bonds is 5. The number of nitrogens with one attached hydrogen (secondary N) is 1. The van der Waals surface area contributed by atoms with Crippen LogP contribution in [0.25, 0.3) is 0 Å². The number of benzene rings is 2. The monoisotopic (exact) mass is 419 g/mol. The van der Waals surface area contributed by atoms with E-state index in [4.69, 9.17) is 0 Å². The molecule has 7 heteroatoms. The first-order valence-electron chi connectivity index (χ1n) is 7.70. The smallest absolute Gasteiger partial charge is 0.262 e. The van der Waals surface area contributed by atoms with E-state index in [-0.39, 0.29) is 0 Å². The van der Waals surface area contributed by atoms with Crippen molar-refractivity contribution in [3.8, 4) is 0 Å². The standard InChI is InChI=1S/C18H18BrN3O2S/c1-13-6-7-18(14(2)8-13)25(23,24)21-17-5-3-4-15(9-17)11-22-12-16(19)10-20-22/h3-10,12,21H,11H2,1-2H3. The highest BCUT2D eigenvalue weighted by Crippen LogP contribution is 2.21. The Balaban J connectivity index is 1.83. The zero-order valence-electron chi connectivity index (χ0n) is 13.9. The molecule has 5 nitrogen and oxygen atoms in total. The Morgan fingerprint density at radius 2 is 1.96 bits per heavy atom. The Kier molecular flexibility index (Phi) is 4.96. The third-order valence-corrected chi connectivity index (χ3v) is 5.70. The lowest BCUT2D eigenvalue weighted by molar-refractivity contribution is 0.600. The minimum atomic E-state index is -3.63. The van der Waals surface area contributed by atoms with E-state index >= 15 is 0 Å². The zero-order valence-corrected chi connectivity index (χ0v) is 16.3. The zero-order chi connectivity index (χ0) is 18.0. The van der Waals surface area contributed by atoms with Gasteiger partial charge in [-0.25, -0.2) is 8.42 Å². The van der Waals surface area contributed by atoms with Crippen LogP contribution in [0.2, 0.25) is 0 Å². The molecule has 0 unspecified atom stereocenters. The molecule has 0 spiro atoms. The molecule has 130 valence electrons. The summed E-state index contributed by atoms with van der Waals surface area (Å²) in [5.41, 5.74) is 3.24. The third kappa shape index (κ3) is 4.29. The Labute approximate surface area is 155 Å². The van der Waals surface area contributed by atoms with Gasteiger partial charge in [0.15, 0.2) is 0 Å². The predicted octanol–water partition coefficient (Wildman–Crippen LogP) is 4.11. The number of anilines is 1. The molecule has 25 heavy (non-hydrogen) atoms. The van der Waals surface area contributed by atoms with Gasteiger partial charge < -0.3 is 0 Å². The summed E-state index contributed by atoms with van der Waals surface area (Å²) < 4.78 is 30.7. The highest BCUT2D eigenvalue weighted by atomic mass is 79.9. The first-order chi connectivity index (χ1) is 11.8. The van der Waals surface area contributed by atoms with E-state index < -0.39 is 10.0 Å². The number of hydrogen-bond acceptors (Lipinski definition) is 3. The molecule has 1 N–H and O–H groups in total. The Bertz CT molecular complexity index is 1010. The maximum absolute atomic E-state index is 12.7. The van der Waals surface area contributed by atoms with Crippen LogP contribution in [0.3, 0.4) is 0 Å². The summed E-state index contributed by atoms with van der Waals surface area (Å²) in [6.45, 7) is 4.30. The van der Waals surface area contributed by atoms with Gasteiger partial charge >= 0.3 is 0 Å². The van der Waals surface area contributed by atoms with Gasteiger partial charge in [-0.3, -0.25) is 9.40 Å². The van der Waals surface area contributed by atoms with Crippen LogP contribution in [0, 0.1) is 13.8 Å². The van der Waals surface area contributed by atoms with E-state index in [9.17, 15) is 8.42 Å². The maximum Gasteiger partial charge on any atom is 0.262 e. The van der Waals surface area contributed by atoms with Crippen molar-refractivity contribution in [1.29, 1.82) is 0 Å². The van der Waals surface area contributed by atoms with Crippen LogP contribution in [0.1, 0.15) is 16.7 Å². The minimum absolute atomic E-state index is 0.291. The molecule has 0 amide bonds. The second-order valence-electron chi connectivity index (χ2n) is 5.93. The predicted molar refractivity (Wildman–Crippen MR) is 102 cm³/mol. The van der Waals surface area contributed by atoms with Crippen LogP contribution in [0.5, 0.6) is 0 Å². The summed E-state index contributed by atoms with van der Waals surface area (Å²) in [5, 5.41) is 4.21. The molecule has 2 aromatic carbocycles. The number of aromatic nitrogens is 2. The topological polar surface area (TPSA) is 64.0 Å². The summed E-state index contributed by atoms with van der Waals surface area (Å²) in [6.07, 6.45) is 3.58. The highest BCUT2D eigenvalue weighted by molar-refractivity contribution is 9.10. The number of halogens is 1. The van der Waals surface area contributed by atoms with E-state index in [1.807, 2.05) is 37.4 Å². The first kappa shape index (κ1) is 17.7. The largest absolute Gasteiger partial charge is 0.280 e. The molecule has 0 saturated carbocycles. The Hall–Kier alpha value is -2.12. The molecule has 3 aromatic rings. The lowest BCUT2D eigenvalue weighted by atomic mass is 10.2. The van der Waals surface area contributed by atoms with Gasteiger partial charge in [0.25, 0.3) is 10.0 Å². The lowest BCUT2D eigenvalue weighted by Crippen LogP contribution is -2.14. The Morgan fingerprint density at radius 1 is 1.16 bits per heavy atom. The molecule has 0 radical (unpaired) electrons. The normalized spacial score (nSPS) is 11.5. The second-order valence-corrected chi connectivity index (χ2v) is 8.50. The van der Waals surface area contributed by atoms with Gasteiger partial charge in [0, 0.05) is 11.9 Å². The van der Waals surface area contributed by atoms with Gasteiger partial charge in [0.1, 0.15) is 0 Å². The van der Waals surface area contributed by atoms with E-state index in [2.05, 4.69) is 25.8 Å². The highest BCUT2D eigenvalue weighted by Gasteiger charge is 2.17. The number of sulfonamides is 1. The van der Waals surface area contributed by atoms with Crippen molar-refractivity contribution in [3.63, 3.8) is 0 Å². The second kappa shape index (κ2) is 7.01. The number of nitrogens with zero attached hydrogens (tertiary/aromatic N) is 2. The van der Waals surface area contributed by atoms with E-state index in [0.717, 1.165) is 21.2 Å². The average Bonchev–Trinajstić information content (AvgIpc) is 2.91. The van der Waals surface area contributed by atoms with Crippen LogP contribution in [-0.2, 0) is 16.6 Å². The van der Waals surface area contributed by atoms with Crippen LogP contribution in [-0.4, -0.2) is 18.2 Å². The summed E-state index contributed by atoms with van der Waals surface area (Å²) in [4.78, 5) is 0.291. The van der Waals surface area contributed by atoms with Crippen LogP contribution in [0.15, 0.2) is 64.2 Å². The lowest BCUT2D eigenvalue weighted by Gasteiger charge is -2.12. The molecule has 0 aliphatic heterocycles. The molecular formula is C18H18BrN3O2S. The number of hydrogen-bond donors (Lipinski definition) is 1. The van der Waals surface area contributed by atoms with Gasteiger partial charge in [0.2, 0.25) is 0 Å². The molecule has 0 aliphatic carbocycles. The fourth-order valence-electron chi connectivity index (χ4n) is 2.66. The molecule has 0 atom stereocenters. The Morgan fingerprint density at radius 3 is 2.64 bits per heavy atom. The van der Waals surface area contributed by atoms with Gasteiger partial charge in [0.05, 0.1) is 22.1 Å². The molecule has 0 bridgehead atoms. The summed E-state index contributed by atoms with van der Waals surface area (Å²) >= 11 is 3.36. The fraction of sp³-hybridized carbons (Fsp3) is 0.167. The first-order valence-corrected chi connectivity index (χ1v) is 9.98. The quantitative estimate of drug-likeness (QED) is 0.676. The minimum Gasteiger partial charge on any atom is -0.280 e. The molecule has 0 fully saturated rings. The van der Waals surface area contributed by atoms with E-state index in [1.54, 1.807) is 36.0 Å². The van der Waals surface area contributed by atoms with Crippen LogP contribution < -0.4 is 4.72 Å². The van der Waals surface area contributed by atoms with Crippen molar-refractivity contribution in [2.24, 2.45) is 0 Å². The van der Waals surface area contributed by atoms with Crippen molar-refractivity contribution < 1.29 is 8.42 Å². The van der Waals surface area contributed by atoms with Crippen molar-refractivity contribution in [2.75, 3.05) is 4.72 Å². The van der Waals surface area contributed by atoms with Crippen molar-refractivity contribution in [2.45, 2.75) is 25.3 Å². The molecule has 0 aliphatic rings. The average molecular weight is 420 g/mol. The van der Waals surface area contributed by atoms with Crippen LogP contribution >= 0.6 is 15.9 Å². The molecule has 3 rings (SSSR count). The SMILES string of the molecule is Cc1ccc(S(=O)(=O)Nc2cccc(Cn3cc(Br)cn3)c2)c(C)c1. The third-order valence-electron chi connectivity index (χ3n) is 3.75. The molecular weight excluding hydrogens is 402 g/mol. The van der Waals surface area contributed by atoms with Crippen LogP contribution in [0.4, 0.5) is 5.69 Å². The van der Waals surface area contributed by atoms with Gasteiger partial charge in [-0.15, -0.1) is 0 Å². The fourth-order valence-corrected chi connectivity index (χ4v) is 4.26.